The van der Waals surface area contributed by atoms with Crippen molar-refractivity contribution >= 4 is 49.5 Å². The molecule has 0 atom stereocenters. The Labute approximate surface area is 172 Å². The second-order valence-electron chi connectivity index (χ2n) is 5.58. The minimum Gasteiger partial charge on any atom is -0.282 e. The van der Waals surface area contributed by atoms with Crippen LogP contribution in [0.25, 0.3) is 12.2 Å². The molecule has 2 N–H and O–H groups in total. The predicted octanol–water partition coefficient (Wildman–Crippen LogP) is 2.07. The van der Waals surface area contributed by atoms with E-state index < -0.39 is 67.4 Å². The highest BCUT2D eigenvalue weighted by Gasteiger charge is 2.50. The van der Waals surface area contributed by atoms with E-state index in [1.165, 1.54) is 24.3 Å². The second-order valence-corrected chi connectivity index (χ2v) is 8.30. The van der Waals surface area contributed by atoms with E-state index in [-0.39, 0.29) is 5.56 Å². The molecule has 2 rings (SSSR count). The maximum atomic E-state index is 11.9. The zero-order valence-electron chi connectivity index (χ0n) is 14.7. The van der Waals surface area contributed by atoms with Crippen LogP contribution in [-0.2, 0) is 20.2 Å². The van der Waals surface area contributed by atoms with Gasteiger partial charge in [-0.15, -0.1) is 0 Å². The van der Waals surface area contributed by atoms with Gasteiger partial charge in [-0.25, -0.2) is 0 Å². The van der Waals surface area contributed by atoms with Gasteiger partial charge in [0.25, 0.3) is 10.1 Å². The van der Waals surface area contributed by atoms with E-state index in [4.69, 9.17) is 0 Å². The average molecular weight is 475 g/mol. The fourth-order valence-corrected chi connectivity index (χ4v) is 4.77. The Hall–Kier alpha value is -3.80. The van der Waals surface area contributed by atoms with Gasteiger partial charge in [0.1, 0.15) is 4.90 Å². The van der Waals surface area contributed by atoms with Crippen LogP contribution in [0.15, 0.2) is 40.1 Å². The molecule has 0 saturated carbocycles. The monoisotopic (exact) mass is 475 g/mol. The summed E-state index contributed by atoms with van der Waals surface area (Å²) in [5.41, 5.74) is -7.14. The van der Waals surface area contributed by atoms with Crippen LogP contribution < -0.4 is 0 Å². The van der Waals surface area contributed by atoms with Crippen molar-refractivity contribution in [2.45, 2.75) is 9.79 Å². The van der Waals surface area contributed by atoms with Crippen molar-refractivity contribution in [1.29, 1.82) is 0 Å². The molecule has 0 aliphatic rings. The van der Waals surface area contributed by atoms with Crippen molar-refractivity contribution in [2.24, 2.45) is 0 Å². The topological polar surface area (TPSA) is 238 Å². The van der Waals surface area contributed by atoms with E-state index in [0.29, 0.717) is 6.08 Å². The number of hydrogen-bond acceptors (Lipinski definition) is 10. The molecule has 0 radical (unpaired) electrons. The average Bonchev–Trinajstić information content (AvgIpc) is 2.63. The number of rotatable bonds is 7. The first-order chi connectivity index (χ1) is 14.2. The standard InChI is InChI=1S/C14H9N3O12S2/c18-15(19)10-9(7-6-8-4-2-1-3-5-8)13(30(24,25)26)14(31(27,28)29)12(17(22)23)11(10)16(20)21/h1-7H,(H,24,25,26)(H,27,28,29). The molecule has 0 unspecified atom stereocenters. The van der Waals surface area contributed by atoms with Gasteiger partial charge in [0.2, 0.25) is 4.90 Å². The SMILES string of the molecule is O=[N+]([O-])c1c(C=Cc2ccccc2)c(S(=O)(=O)O)c(S(=O)(=O)O)c([N+](=O)[O-])c1[N+](=O)[O-]. The Morgan fingerprint density at radius 3 is 1.52 bits per heavy atom. The van der Waals surface area contributed by atoms with Gasteiger partial charge in [-0.2, -0.15) is 16.8 Å². The van der Waals surface area contributed by atoms with E-state index in [1.54, 1.807) is 6.07 Å². The molecular formula is C14H9N3O12S2. The Balaban J connectivity index is 3.30. The number of hydrogen-bond donors (Lipinski definition) is 2. The fraction of sp³-hybridized carbons (Fsp3) is 0. The summed E-state index contributed by atoms with van der Waals surface area (Å²) in [5.74, 6) is 0. The minimum atomic E-state index is -5.94. The van der Waals surface area contributed by atoms with Gasteiger partial charge in [0.15, 0.2) is 0 Å². The van der Waals surface area contributed by atoms with Crippen LogP contribution in [0.5, 0.6) is 0 Å². The lowest BCUT2D eigenvalue weighted by atomic mass is 10.1. The molecule has 2 aromatic carbocycles. The minimum absolute atomic E-state index is 0.243. The molecule has 17 heteroatoms. The lowest BCUT2D eigenvalue weighted by Crippen LogP contribution is -2.16. The van der Waals surface area contributed by atoms with Crippen molar-refractivity contribution in [3.05, 3.63) is 71.8 Å². The van der Waals surface area contributed by atoms with E-state index in [1.807, 2.05) is 0 Å². The third-order valence-corrected chi connectivity index (χ3v) is 5.66. The van der Waals surface area contributed by atoms with Crippen molar-refractivity contribution < 1.29 is 40.7 Å². The smallest absolute Gasteiger partial charge is 0.282 e. The summed E-state index contributed by atoms with van der Waals surface area (Å²) >= 11 is 0. The van der Waals surface area contributed by atoms with Gasteiger partial charge in [-0.3, -0.25) is 39.4 Å². The van der Waals surface area contributed by atoms with Crippen LogP contribution in [-0.4, -0.2) is 40.7 Å². The van der Waals surface area contributed by atoms with Crippen molar-refractivity contribution in [2.75, 3.05) is 0 Å². The highest BCUT2D eigenvalue weighted by atomic mass is 32.2. The molecule has 0 aliphatic carbocycles. The second kappa shape index (κ2) is 8.14. The number of benzene rings is 2. The molecule has 164 valence electrons. The summed E-state index contributed by atoms with van der Waals surface area (Å²) in [4.78, 5) is 25.1. The summed E-state index contributed by atoms with van der Waals surface area (Å²) < 4.78 is 66.2. The van der Waals surface area contributed by atoms with E-state index in [0.717, 1.165) is 6.08 Å². The summed E-state index contributed by atoms with van der Waals surface area (Å²) in [6.45, 7) is 0. The molecule has 31 heavy (non-hydrogen) atoms. The molecule has 0 bridgehead atoms. The first kappa shape index (κ1) is 23.5. The van der Waals surface area contributed by atoms with Crippen LogP contribution in [0.3, 0.4) is 0 Å². The Bertz CT molecular complexity index is 1350. The molecule has 0 spiro atoms. The molecule has 15 nitrogen and oxygen atoms in total. The Kier molecular flexibility index (Phi) is 6.17. The summed E-state index contributed by atoms with van der Waals surface area (Å²) in [6.07, 6.45) is 1.49. The third-order valence-electron chi connectivity index (χ3n) is 3.68. The zero-order valence-corrected chi connectivity index (χ0v) is 16.3. The molecule has 0 saturated heterocycles. The fourth-order valence-electron chi connectivity index (χ4n) is 2.61. The van der Waals surface area contributed by atoms with Crippen LogP contribution >= 0.6 is 0 Å². The van der Waals surface area contributed by atoms with Gasteiger partial charge >= 0.3 is 27.2 Å². The van der Waals surface area contributed by atoms with Crippen molar-refractivity contribution in [1.82, 2.24) is 0 Å². The van der Waals surface area contributed by atoms with Crippen LogP contribution in [0.2, 0.25) is 0 Å². The van der Waals surface area contributed by atoms with E-state index >= 15 is 0 Å². The summed E-state index contributed by atoms with van der Waals surface area (Å²) in [7, 11) is -11.8. The van der Waals surface area contributed by atoms with Gasteiger partial charge < -0.3 is 0 Å². The zero-order chi connectivity index (χ0) is 23.7. The van der Waals surface area contributed by atoms with Gasteiger partial charge in [-0.1, -0.05) is 36.4 Å². The Morgan fingerprint density at radius 2 is 1.13 bits per heavy atom. The van der Waals surface area contributed by atoms with Crippen LogP contribution in [0, 0.1) is 30.3 Å². The van der Waals surface area contributed by atoms with Gasteiger partial charge in [0.05, 0.1) is 20.3 Å². The maximum Gasteiger partial charge on any atom is 0.424 e. The molecule has 0 fully saturated rings. The summed E-state index contributed by atoms with van der Waals surface area (Å²) in [6, 6.07) is 7.34. The quantitative estimate of drug-likeness (QED) is 0.253. The number of nitro groups is 3. The molecule has 0 aliphatic heterocycles. The molecule has 0 heterocycles. The summed E-state index contributed by atoms with van der Waals surface area (Å²) in [5, 5.41) is 34.3. The number of nitro benzene ring substituents is 3. The molecule has 0 amide bonds. The Morgan fingerprint density at radius 1 is 0.677 bits per heavy atom. The normalized spacial score (nSPS) is 12.1. The van der Waals surface area contributed by atoms with Crippen LogP contribution in [0.4, 0.5) is 17.1 Å². The maximum absolute atomic E-state index is 11.9. The highest BCUT2D eigenvalue weighted by Crippen LogP contribution is 2.48. The lowest BCUT2D eigenvalue weighted by Gasteiger charge is -2.10. The van der Waals surface area contributed by atoms with Crippen molar-refractivity contribution in [3.63, 3.8) is 0 Å². The molecular weight excluding hydrogens is 466 g/mol. The highest BCUT2D eigenvalue weighted by molar-refractivity contribution is 7.89. The van der Waals surface area contributed by atoms with Crippen LogP contribution in [0.1, 0.15) is 11.1 Å². The van der Waals surface area contributed by atoms with Gasteiger partial charge in [-0.05, 0) is 11.6 Å². The first-order valence-electron chi connectivity index (χ1n) is 7.53. The molecule has 0 aromatic heterocycles. The number of nitrogens with zero attached hydrogens (tertiary/aromatic N) is 3. The predicted molar refractivity (Wildman–Crippen MR) is 101 cm³/mol. The lowest BCUT2D eigenvalue weighted by molar-refractivity contribution is -0.442. The third kappa shape index (κ3) is 4.69. The van der Waals surface area contributed by atoms with E-state index in [2.05, 4.69) is 0 Å². The van der Waals surface area contributed by atoms with E-state index in [9.17, 15) is 56.3 Å². The largest absolute Gasteiger partial charge is 0.424 e. The first-order valence-corrected chi connectivity index (χ1v) is 10.4. The van der Waals surface area contributed by atoms with Crippen molar-refractivity contribution in [3.8, 4) is 0 Å². The van der Waals surface area contributed by atoms with Gasteiger partial charge in [0, 0.05) is 0 Å². The molecule has 2 aromatic rings.